The molecular formula is C14H24F3IN4OS. The van der Waals surface area contributed by atoms with E-state index in [9.17, 15) is 13.2 Å². The number of halogens is 4. The van der Waals surface area contributed by atoms with Crippen molar-refractivity contribution in [3.63, 3.8) is 0 Å². The second-order valence-electron chi connectivity index (χ2n) is 4.80. The predicted molar refractivity (Wildman–Crippen MR) is 101 cm³/mol. The number of thiazole rings is 1. The van der Waals surface area contributed by atoms with Crippen LogP contribution in [0.25, 0.3) is 0 Å². The molecule has 0 bridgehead atoms. The van der Waals surface area contributed by atoms with E-state index < -0.39 is 11.9 Å². The molecule has 0 atom stereocenters. The van der Waals surface area contributed by atoms with E-state index in [0.717, 1.165) is 42.6 Å². The van der Waals surface area contributed by atoms with Gasteiger partial charge >= 0.3 is 6.18 Å². The largest absolute Gasteiger partial charge is 0.434 e. The van der Waals surface area contributed by atoms with Crippen molar-refractivity contribution in [2.45, 2.75) is 38.9 Å². The third-order valence-electron chi connectivity index (χ3n) is 2.87. The van der Waals surface area contributed by atoms with Crippen molar-refractivity contribution in [2.24, 2.45) is 4.99 Å². The van der Waals surface area contributed by atoms with Crippen LogP contribution in [0.3, 0.4) is 0 Å². The number of aromatic nitrogens is 1. The summed E-state index contributed by atoms with van der Waals surface area (Å²) in [5, 5.41) is 7.40. The van der Waals surface area contributed by atoms with Crippen molar-refractivity contribution >= 4 is 41.3 Å². The van der Waals surface area contributed by atoms with E-state index in [2.05, 4.69) is 27.5 Å². The van der Waals surface area contributed by atoms with E-state index in [4.69, 9.17) is 4.74 Å². The molecule has 0 radical (unpaired) electrons. The van der Waals surface area contributed by atoms with E-state index in [1.165, 1.54) is 0 Å². The fourth-order valence-electron chi connectivity index (χ4n) is 1.63. The monoisotopic (exact) mass is 480 g/mol. The zero-order chi connectivity index (χ0) is 17.1. The minimum absolute atomic E-state index is 0. The van der Waals surface area contributed by atoms with Crippen LogP contribution in [0.5, 0.6) is 0 Å². The molecule has 1 aromatic rings. The van der Waals surface area contributed by atoms with Crippen LogP contribution in [-0.2, 0) is 17.5 Å². The molecule has 0 amide bonds. The van der Waals surface area contributed by atoms with Gasteiger partial charge in [0.1, 0.15) is 5.01 Å². The maximum Gasteiger partial charge on any atom is 0.434 e. The highest BCUT2D eigenvalue weighted by molar-refractivity contribution is 14.0. The number of ether oxygens (including phenoxy) is 1. The molecule has 0 aliphatic rings. The molecule has 0 aliphatic heterocycles. The predicted octanol–water partition coefficient (Wildman–Crippen LogP) is 3.65. The first-order valence-electron chi connectivity index (χ1n) is 7.51. The van der Waals surface area contributed by atoms with Crippen LogP contribution in [-0.4, -0.2) is 37.7 Å². The Hall–Kier alpha value is -0.620. The third kappa shape index (κ3) is 9.62. The van der Waals surface area contributed by atoms with Gasteiger partial charge in [0.05, 0.1) is 6.54 Å². The molecule has 0 aromatic carbocycles. The summed E-state index contributed by atoms with van der Waals surface area (Å²) < 4.78 is 42.8. The summed E-state index contributed by atoms with van der Waals surface area (Å²) in [6.07, 6.45) is -1.39. The van der Waals surface area contributed by atoms with Gasteiger partial charge in [0.25, 0.3) is 0 Å². The number of nitrogens with one attached hydrogen (secondary N) is 2. The Morgan fingerprint density at radius 2 is 2.00 bits per heavy atom. The van der Waals surface area contributed by atoms with E-state index in [-0.39, 0.29) is 30.5 Å². The SMILES string of the molecule is CCCCOCCCNC(=NC)NCc1nc(C(F)(F)F)cs1.I. The molecule has 0 saturated heterocycles. The molecular weight excluding hydrogens is 456 g/mol. The van der Waals surface area contributed by atoms with Crippen molar-refractivity contribution in [1.82, 2.24) is 15.6 Å². The molecule has 140 valence electrons. The summed E-state index contributed by atoms with van der Waals surface area (Å²) >= 11 is 0.972. The number of nitrogens with zero attached hydrogens (tertiary/aromatic N) is 2. The fraction of sp³-hybridized carbons (Fsp3) is 0.714. The number of guanidine groups is 1. The van der Waals surface area contributed by atoms with Crippen LogP contribution in [0.15, 0.2) is 10.4 Å². The fourth-order valence-corrected chi connectivity index (χ4v) is 2.37. The summed E-state index contributed by atoms with van der Waals surface area (Å²) in [4.78, 5) is 7.57. The van der Waals surface area contributed by atoms with Crippen LogP contribution < -0.4 is 10.6 Å². The van der Waals surface area contributed by atoms with E-state index in [0.29, 0.717) is 24.1 Å². The molecule has 2 N–H and O–H groups in total. The summed E-state index contributed by atoms with van der Waals surface area (Å²) in [5.74, 6) is 0.530. The first kappa shape index (κ1) is 23.4. The van der Waals surface area contributed by atoms with Crippen LogP contribution in [0.4, 0.5) is 13.2 Å². The average molecular weight is 480 g/mol. The Bertz CT molecular complexity index is 483. The molecule has 5 nitrogen and oxygen atoms in total. The van der Waals surface area contributed by atoms with Gasteiger partial charge in [-0.05, 0) is 12.8 Å². The number of aliphatic imine (C=N–C) groups is 1. The lowest BCUT2D eigenvalue weighted by atomic mass is 10.4. The summed E-state index contributed by atoms with van der Waals surface area (Å²) in [7, 11) is 1.61. The molecule has 1 aromatic heterocycles. The second-order valence-corrected chi connectivity index (χ2v) is 5.74. The van der Waals surface area contributed by atoms with Crippen molar-refractivity contribution in [3.05, 3.63) is 16.1 Å². The number of unbranched alkanes of at least 4 members (excludes halogenated alkanes) is 1. The normalized spacial score (nSPS) is 12.0. The van der Waals surface area contributed by atoms with Gasteiger partial charge in [0.15, 0.2) is 11.7 Å². The van der Waals surface area contributed by atoms with Gasteiger partial charge in [0, 0.05) is 32.2 Å². The van der Waals surface area contributed by atoms with Crippen molar-refractivity contribution in [2.75, 3.05) is 26.8 Å². The van der Waals surface area contributed by atoms with Crippen LogP contribution in [0.2, 0.25) is 0 Å². The van der Waals surface area contributed by atoms with E-state index in [1.54, 1.807) is 7.05 Å². The summed E-state index contributed by atoms with van der Waals surface area (Å²) in [6.45, 7) is 4.44. The second kappa shape index (κ2) is 12.7. The number of hydrogen-bond donors (Lipinski definition) is 2. The minimum Gasteiger partial charge on any atom is -0.381 e. The Labute approximate surface area is 161 Å². The van der Waals surface area contributed by atoms with Crippen LogP contribution >= 0.6 is 35.3 Å². The van der Waals surface area contributed by atoms with Crippen molar-refractivity contribution < 1.29 is 17.9 Å². The van der Waals surface area contributed by atoms with Gasteiger partial charge < -0.3 is 15.4 Å². The Kier molecular flexibility index (Phi) is 12.4. The molecule has 1 heterocycles. The third-order valence-corrected chi connectivity index (χ3v) is 3.72. The van der Waals surface area contributed by atoms with Gasteiger partial charge in [-0.15, -0.1) is 35.3 Å². The molecule has 0 saturated carbocycles. The Morgan fingerprint density at radius 3 is 2.58 bits per heavy atom. The van der Waals surface area contributed by atoms with Crippen molar-refractivity contribution in [3.8, 4) is 0 Å². The standard InChI is InChI=1S/C14H23F3N4OS.HI/c1-3-4-7-22-8-5-6-19-13(18-2)20-9-12-21-11(10-23-12)14(15,16)17;/h10H,3-9H2,1-2H3,(H2,18,19,20);1H. The van der Waals surface area contributed by atoms with Gasteiger partial charge in [-0.25, -0.2) is 4.98 Å². The molecule has 0 spiro atoms. The van der Waals surface area contributed by atoms with Gasteiger partial charge in [-0.2, -0.15) is 13.2 Å². The summed E-state index contributed by atoms with van der Waals surface area (Å²) in [5.41, 5.74) is -0.855. The number of rotatable bonds is 9. The zero-order valence-electron chi connectivity index (χ0n) is 13.8. The molecule has 1 rings (SSSR count). The molecule has 10 heteroatoms. The number of alkyl halides is 3. The molecule has 0 fully saturated rings. The molecule has 0 unspecified atom stereocenters. The minimum atomic E-state index is -4.40. The zero-order valence-corrected chi connectivity index (χ0v) is 16.9. The van der Waals surface area contributed by atoms with Crippen molar-refractivity contribution in [1.29, 1.82) is 0 Å². The lowest BCUT2D eigenvalue weighted by molar-refractivity contribution is -0.140. The Morgan fingerprint density at radius 1 is 1.29 bits per heavy atom. The molecule has 24 heavy (non-hydrogen) atoms. The number of hydrogen-bond acceptors (Lipinski definition) is 4. The average Bonchev–Trinajstić information content (AvgIpc) is 2.98. The highest BCUT2D eigenvalue weighted by Gasteiger charge is 2.33. The van der Waals surface area contributed by atoms with Crippen LogP contribution in [0, 0.1) is 0 Å². The van der Waals surface area contributed by atoms with Crippen LogP contribution in [0.1, 0.15) is 36.9 Å². The lowest BCUT2D eigenvalue weighted by Crippen LogP contribution is -2.37. The lowest BCUT2D eigenvalue weighted by Gasteiger charge is -2.11. The first-order chi connectivity index (χ1) is 11.0. The highest BCUT2D eigenvalue weighted by Crippen LogP contribution is 2.29. The maximum absolute atomic E-state index is 12.5. The molecule has 0 aliphatic carbocycles. The topological polar surface area (TPSA) is 58.5 Å². The maximum atomic E-state index is 12.5. The van der Waals surface area contributed by atoms with Gasteiger partial charge in [0.2, 0.25) is 0 Å². The quantitative estimate of drug-likeness (QED) is 0.245. The smallest absolute Gasteiger partial charge is 0.381 e. The van der Waals surface area contributed by atoms with E-state index in [1.807, 2.05) is 0 Å². The first-order valence-corrected chi connectivity index (χ1v) is 8.39. The van der Waals surface area contributed by atoms with Gasteiger partial charge in [-0.1, -0.05) is 13.3 Å². The Balaban J connectivity index is 0.00000529. The van der Waals surface area contributed by atoms with Gasteiger partial charge in [-0.3, -0.25) is 4.99 Å². The van der Waals surface area contributed by atoms with E-state index >= 15 is 0 Å². The highest BCUT2D eigenvalue weighted by atomic mass is 127. The summed E-state index contributed by atoms with van der Waals surface area (Å²) in [6, 6.07) is 0.